The average Bonchev–Trinajstić information content (AvgIpc) is 3.26. The number of benzene rings is 2. The Balaban J connectivity index is 1.58. The summed E-state index contributed by atoms with van der Waals surface area (Å²) in [4.78, 5) is 26.1. The van der Waals surface area contributed by atoms with Gasteiger partial charge in [0.05, 0.1) is 21.5 Å². The van der Waals surface area contributed by atoms with Crippen molar-refractivity contribution in [3.05, 3.63) is 85.6 Å². The first-order valence-electron chi connectivity index (χ1n) is 8.57. The number of carbonyl (C=O) groups is 2. The van der Waals surface area contributed by atoms with Crippen LogP contribution < -0.4 is 0 Å². The molecule has 3 aromatic rings. The second kappa shape index (κ2) is 8.47. The van der Waals surface area contributed by atoms with E-state index in [4.69, 9.17) is 39.2 Å². The lowest BCUT2D eigenvalue weighted by Gasteiger charge is -2.14. The van der Waals surface area contributed by atoms with Crippen LogP contribution in [0.15, 0.2) is 57.9 Å². The van der Waals surface area contributed by atoms with E-state index in [2.05, 4.69) is 0 Å². The summed E-state index contributed by atoms with van der Waals surface area (Å²) in [6, 6.07) is 12.7. The second-order valence-corrected chi connectivity index (χ2v) is 8.46. The topological polar surface area (TPSA) is 50.5 Å². The van der Waals surface area contributed by atoms with Crippen LogP contribution in [-0.4, -0.2) is 16.0 Å². The fourth-order valence-electron chi connectivity index (χ4n) is 2.88. The van der Waals surface area contributed by atoms with Gasteiger partial charge in [0.1, 0.15) is 17.3 Å². The molecule has 0 N–H and O–H groups in total. The third-order valence-electron chi connectivity index (χ3n) is 4.37. The minimum absolute atomic E-state index is 0.0820. The highest BCUT2D eigenvalue weighted by atomic mass is 35.5. The van der Waals surface area contributed by atoms with Crippen molar-refractivity contribution in [1.29, 1.82) is 0 Å². The molecule has 0 unspecified atom stereocenters. The Morgan fingerprint density at radius 3 is 2.50 bits per heavy atom. The number of carbonyl (C=O) groups excluding carboxylic acids is 2. The molecule has 2 heterocycles. The van der Waals surface area contributed by atoms with E-state index in [0.717, 1.165) is 16.7 Å². The number of nitrogens with zero attached hydrogens (tertiary/aromatic N) is 1. The Morgan fingerprint density at radius 1 is 1.00 bits per heavy atom. The summed E-state index contributed by atoms with van der Waals surface area (Å²) in [5, 5.41) is 0.365. The van der Waals surface area contributed by atoms with Crippen molar-refractivity contribution in [2.45, 2.75) is 6.54 Å². The molecule has 0 radical (unpaired) electrons. The molecular formula is C21H11Cl3FNO3S. The van der Waals surface area contributed by atoms with E-state index < -0.39 is 17.0 Å². The molecule has 152 valence electrons. The zero-order chi connectivity index (χ0) is 21.4. The molecular weight excluding hydrogens is 472 g/mol. The molecule has 2 amide bonds. The maximum Gasteiger partial charge on any atom is 0.293 e. The van der Waals surface area contributed by atoms with E-state index in [0.29, 0.717) is 27.1 Å². The zero-order valence-electron chi connectivity index (χ0n) is 15.0. The Morgan fingerprint density at radius 2 is 1.73 bits per heavy atom. The summed E-state index contributed by atoms with van der Waals surface area (Å²) in [6.45, 7) is -0.255. The van der Waals surface area contributed by atoms with Crippen LogP contribution in [-0.2, 0) is 11.3 Å². The van der Waals surface area contributed by atoms with Gasteiger partial charge < -0.3 is 4.42 Å². The summed E-state index contributed by atoms with van der Waals surface area (Å²) in [5.41, 5.74) is 0.685. The van der Waals surface area contributed by atoms with Crippen LogP contribution in [0.2, 0.25) is 15.1 Å². The van der Waals surface area contributed by atoms with E-state index in [1.807, 2.05) is 0 Å². The predicted molar refractivity (Wildman–Crippen MR) is 117 cm³/mol. The van der Waals surface area contributed by atoms with Crippen LogP contribution in [0.3, 0.4) is 0 Å². The second-order valence-electron chi connectivity index (χ2n) is 6.27. The van der Waals surface area contributed by atoms with Gasteiger partial charge in [-0.15, -0.1) is 0 Å². The molecule has 1 aliphatic rings. The summed E-state index contributed by atoms with van der Waals surface area (Å²) >= 11 is 19.0. The highest BCUT2D eigenvalue weighted by molar-refractivity contribution is 8.18. The lowest BCUT2D eigenvalue weighted by Crippen LogP contribution is -2.28. The van der Waals surface area contributed by atoms with Gasteiger partial charge in [-0.25, -0.2) is 4.39 Å². The van der Waals surface area contributed by atoms with Crippen LogP contribution in [0.5, 0.6) is 0 Å². The molecule has 0 saturated carbocycles. The van der Waals surface area contributed by atoms with Crippen molar-refractivity contribution in [3.8, 4) is 11.3 Å². The average molecular weight is 483 g/mol. The number of thioether (sulfide) groups is 1. The maximum atomic E-state index is 14.0. The van der Waals surface area contributed by atoms with Gasteiger partial charge in [0.15, 0.2) is 0 Å². The van der Waals surface area contributed by atoms with Crippen molar-refractivity contribution in [3.63, 3.8) is 0 Å². The van der Waals surface area contributed by atoms with Crippen molar-refractivity contribution in [2.24, 2.45) is 0 Å². The fourth-order valence-corrected chi connectivity index (χ4v) is 4.31. The molecule has 1 aliphatic heterocycles. The molecule has 30 heavy (non-hydrogen) atoms. The van der Waals surface area contributed by atoms with Gasteiger partial charge in [0.25, 0.3) is 11.1 Å². The molecule has 0 bridgehead atoms. The van der Waals surface area contributed by atoms with Gasteiger partial charge >= 0.3 is 0 Å². The predicted octanol–water partition coefficient (Wildman–Crippen LogP) is 7.28. The fraction of sp³-hybridized carbons (Fsp3) is 0.0476. The van der Waals surface area contributed by atoms with E-state index in [1.54, 1.807) is 30.3 Å². The Hall–Kier alpha value is -2.25. The van der Waals surface area contributed by atoms with Crippen molar-refractivity contribution >= 4 is 63.8 Å². The van der Waals surface area contributed by atoms with Crippen LogP contribution in [0.25, 0.3) is 17.4 Å². The minimum Gasteiger partial charge on any atom is -0.457 e. The summed E-state index contributed by atoms with van der Waals surface area (Å²) in [6.07, 6.45) is 1.45. The Kier molecular flexibility index (Phi) is 5.93. The SMILES string of the molecule is O=C1S/C(=C\c2ccc(-c3cccc(Cl)c3Cl)o2)C(=O)N1Cc1c(F)cccc1Cl. The third-order valence-corrected chi connectivity index (χ3v) is 6.45. The normalized spacial score (nSPS) is 15.5. The van der Waals surface area contributed by atoms with E-state index in [-0.39, 0.29) is 22.0 Å². The molecule has 1 fully saturated rings. The summed E-state index contributed by atoms with van der Waals surface area (Å²) in [5.74, 6) is -0.316. The van der Waals surface area contributed by atoms with Gasteiger partial charge in [-0.05, 0) is 48.2 Å². The van der Waals surface area contributed by atoms with Crippen LogP contribution in [0, 0.1) is 5.82 Å². The molecule has 1 saturated heterocycles. The van der Waals surface area contributed by atoms with Gasteiger partial charge in [-0.2, -0.15) is 0 Å². The van der Waals surface area contributed by atoms with Crippen molar-refractivity contribution in [1.82, 2.24) is 4.90 Å². The highest BCUT2D eigenvalue weighted by Crippen LogP contribution is 2.37. The van der Waals surface area contributed by atoms with Crippen LogP contribution >= 0.6 is 46.6 Å². The lowest BCUT2D eigenvalue weighted by atomic mass is 10.2. The zero-order valence-corrected chi connectivity index (χ0v) is 18.1. The van der Waals surface area contributed by atoms with Gasteiger partial charge in [0.2, 0.25) is 0 Å². The van der Waals surface area contributed by atoms with E-state index in [9.17, 15) is 14.0 Å². The first kappa shape index (κ1) is 21.0. The number of halogens is 4. The lowest BCUT2D eigenvalue weighted by molar-refractivity contribution is -0.123. The molecule has 1 aromatic heterocycles. The monoisotopic (exact) mass is 481 g/mol. The van der Waals surface area contributed by atoms with Gasteiger partial charge in [-0.1, -0.05) is 46.9 Å². The summed E-state index contributed by atoms with van der Waals surface area (Å²) < 4.78 is 19.8. The third kappa shape index (κ3) is 4.01. The van der Waals surface area contributed by atoms with E-state index in [1.165, 1.54) is 24.3 Å². The maximum absolute atomic E-state index is 14.0. The minimum atomic E-state index is -0.584. The molecule has 4 nitrogen and oxygen atoms in total. The van der Waals surface area contributed by atoms with E-state index >= 15 is 0 Å². The molecule has 9 heteroatoms. The molecule has 0 spiro atoms. The Labute approximate surface area is 190 Å². The molecule has 0 atom stereocenters. The number of furan rings is 1. The van der Waals surface area contributed by atoms with Crippen LogP contribution in [0.4, 0.5) is 9.18 Å². The standard InChI is InChI=1S/C21H11Cl3FNO3S/c22-14-4-2-6-16(25)13(14)10-26-20(27)18(30-21(26)28)9-11-7-8-17(29-11)12-3-1-5-15(23)19(12)24/h1-9H,10H2/b18-9-. The number of hydrogen-bond donors (Lipinski definition) is 0. The largest absolute Gasteiger partial charge is 0.457 e. The first-order chi connectivity index (χ1) is 14.3. The van der Waals surface area contributed by atoms with Gasteiger partial charge in [0, 0.05) is 22.2 Å². The number of amides is 2. The van der Waals surface area contributed by atoms with Crippen molar-refractivity contribution in [2.75, 3.05) is 0 Å². The molecule has 4 rings (SSSR count). The van der Waals surface area contributed by atoms with Gasteiger partial charge in [-0.3, -0.25) is 14.5 Å². The first-order valence-corrected chi connectivity index (χ1v) is 10.5. The number of imide groups is 1. The molecule has 2 aromatic carbocycles. The smallest absolute Gasteiger partial charge is 0.293 e. The Bertz CT molecular complexity index is 1190. The number of hydrogen-bond acceptors (Lipinski definition) is 4. The molecule has 0 aliphatic carbocycles. The highest BCUT2D eigenvalue weighted by Gasteiger charge is 2.36. The van der Waals surface area contributed by atoms with Crippen LogP contribution in [0.1, 0.15) is 11.3 Å². The number of rotatable bonds is 4. The summed E-state index contributed by atoms with van der Waals surface area (Å²) in [7, 11) is 0. The quantitative estimate of drug-likeness (QED) is 0.367. The van der Waals surface area contributed by atoms with Crippen molar-refractivity contribution < 1.29 is 18.4 Å².